The van der Waals surface area contributed by atoms with Crippen molar-refractivity contribution in [3.05, 3.63) is 76.4 Å². The van der Waals surface area contributed by atoms with Gasteiger partial charge in [-0.05, 0) is 67.1 Å². The maximum Gasteiger partial charge on any atom is 0.115 e. The highest BCUT2D eigenvalue weighted by molar-refractivity contribution is 9.10. The molecule has 2 atom stereocenters. The van der Waals surface area contributed by atoms with Crippen molar-refractivity contribution in [2.24, 2.45) is 5.92 Å². The van der Waals surface area contributed by atoms with E-state index in [9.17, 15) is 5.11 Å². The van der Waals surface area contributed by atoms with Gasteiger partial charge in [0.15, 0.2) is 0 Å². The van der Waals surface area contributed by atoms with Crippen LogP contribution >= 0.6 is 15.9 Å². The van der Waals surface area contributed by atoms with E-state index in [0.29, 0.717) is 11.7 Å². The van der Waals surface area contributed by atoms with Gasteiger partial charge in [0.1, 0.15) is 5.75 Å². The predicted molar refractivity (Wildman–Crippen MR) is 118 cm³/mol. The zero-order chi connectivity index (χ0) is 19.3. The number of likely N-dealkylation sites (tertiary alicyclic amines) is 1. The molecule has 0 radical (unpaired) electrons. The molecule has 4 heteroatoms. The van der Waals surface area contributed by atoms with Gasteiger partial charge in [-0.25, -0.2) is 0 Å². The molecule has 2 aromatic carbocycles. The Balaban J connectivity index is 1.65. The number of aromatic nitrogens is 1. The van der Waals surface area contributed by atoms with Gasteiger partial charge in [-0.3, -0.25) is 4.90 Å². The third-order valence-corrected chi connectivity index (χ3v) is 7.51. The quantitative estimate of drug-likeness (QED) is 0.555. The molecule has 2 aliphatic rings. The smallest absolute Gasteiger partial charge is 0.115 e. The van der Waals surface area contributed by atoms with E-state index in [4.69, 9.17) is 0 Å². The first kappa shape index (κ1) is 18.0. The zero-order valence-electron chi connectivity index (χ0n) is 15.9. The van der Waals surface area contributed by atoms with Crippen LogP contribution in [0.5, 0.6) is 5.75 Å². The number of H-pyrrole nitrogens is 1. The monoisotopic (exact) mass is 436 g/mol. The summed E-state index contributed by atoms with van der Waals surface area (Å²) in [6.45, 7) is 7.02. The Morgan fingerprint density at radius 1 is 1.29 bits per heavy atom. The summed E-state index contributed by atoms with van der Waals surface area (Å²) in [6.07, 6.45) is 5.17. The number of hydrogen-bond acceptors (Lipinski definition) is 2. The SMILES string of the molecule is C=CCN1CCC2(c3cccc(O)c3)Cc3[nH]c4cccc(Br)c4c3CC2C1. The molecule has 0 amide bonds. The average Bonchev–Trinajstić information content (AvgIpc) is 3.04. The Kier molecular flexibility index (Phi) is 4.37. The lowest BCUT2D eigenvalue weighted by atomic mass is 9.58. The van der Waals surface area contributed by atoms with E-state index in [1.807, 2.05) is 18.2 Å². The summed E-state index contributed by atoms with van der Waals surface area (Å²) in [6, 6.07) is 14.4. The first-order valence-corrected chi connectivity index (χ1v) is 10.8. The summed E-state index contributed by atoms with van der Waals surface area (Å²) in [5.41, 5.74) is 5.38. The first-order chi connectivity index (χ1) is 13.6. The molecule has 3 nitrogen and oxygen atoms in total. The minimum atomic E-state index is 0.0662. The number of fused-ring (bicyclic) bond motifs is 4. The number of nitrogens with one attached hydrogen (secondary N) is 1. The third-order valence-electron chi connectivity index (χ3n) is 6.85. The average molecular weight is 437 g/mol. The van der Waals surface area contributed by atoms with Crippen LogP contribution in [0.3, 0.4) is 0 Å². The van der Waals surface area contributed by atoms with E-state index >= 15 is 0 Å². The molecule has 0 saturated carbocycles. The maximum absolute atomic E-state index is 10.2. The lowest BCUT2D eigenvalue weighted by Crippen LogP contribution is -2.53. The molecule has 0 spiro atoms. The summed E-state index contributed by atoms with van der Waals surface area (Å²) >= 11 is 3.77. The minimum absolute atomic E-state index is 0.0662. The Morgan fingerprint density at radius 2 is 2.14 bits per heavy atom. The lowest BCUT2D eigenvalue weighted by molar-refractivity contribution is 0.0896. The number of phenols is 1. The number of aromatic amines is 1. The van der Waals surface area contributed by atoms with Crippen LogP contribution in [-0.4, -0.2) is 34.6 Å². The van der Waals surface area contributed by atoms with Crippen molar-refractivity contribution in [3.63, 3.8) is 0 Å². The number of hydrogen-bond donors (Lipinski definition) is 2. The molecule has 1 fully saturated rings. The Morgan fingerprint density at radius 3 is 2.96 bits per heavy atom. The number of phenolic OH excluding ortho intramolecular Hbond substituents is 1. The van der Waals surface area contributed by atoms with Crippen molar-refractivity contribution in [3.8, 4) is 5.75 Å². The molecule has 2 heterocycles. The Labute approximate surface area is 174 Å². The van der Waals surface area contributed by atoms with E-state index in [0.717, 1.165) is 38.9 Å². The number of piperidine rings is 1. The van der Waals surface area contributed by atoms with Gasteiger partial charge in [0.2, 0.25) is 0 Å². The fourth-order valence-corrected chi connectivity index (χ4v) is 6.15. The molecule has 144 valence electrons. The third kappa shape index (κ3) is 2.73. The standard InChI is InChI=1S/C24H25BrN2O/c1-2-10-27-11-9-24(16-5-3-6-18(28)12-16)14-22-19(13-17(24)15-27)23-20(25)7-4-8-21(23)26-22/h2-8,12,17,26,28H,1,9-11,13-15H2. The molecule has 1 aliphatic carbocycles. The van der Waals surface area contributed by atoms with Crippen LogP contribution < -0.4 is 0 Å². The molecule has 2 unspecified atom stereocenters. The second-order valence-electron chi connectivity index (χ2n) is 8.33. The van der Waals surface area contributed by atoms with Crippen LogP contribution in [0.1, 0.15) is 23.2 Å². The van der Waals surface area contributed by atoms with Crippen molar-refractivity contribution in [2.75, 3.05) is 19.6 Å². The van der Waals surface area contributed by atoms with Gasteiger partial charge in [-0.2, -0.15) is 0 Å². The van der Waals surface area contributed by atoms with E-state index in [-0.39, 0.29) is 5.41 Å². The number of nitrogens with zero attached hydrogens (tertiary/aromatic N) is 1. The van der Waals surface area contributed by atoms with Crippen LogP contribution in [-0.2, 0) is 18.3 Å². The molecular weight excluding hydrogens is 412 g/mol. The number of halogens is 1. The molecule has 1 aromatic heterocycles. The van der Waals surface area contributed by atoms with Gasteiger partial charge < -0.3 is 10.1 Å². The van der Waals surface area contributed by atoms with Crippen molar-refractivity contribution in [1.29, 1.82) is 0 Å². The van der Waals surface area contributed by atoms with E-state index < -0.39 is 0 Å². The van der Waals surface area contributed by atoms with Crippen molar-refractivity contribution in [2.45, 2.75) is 24.7 Å². The molecule has 1 saturated heterocycles. The van der Waals surface area contributed by atoms with Crippen LogP contribution in [0, 0.1) is 5.92 Å². The Hall–Kier alpha value is -2.04. The molecule has 2 N–H and O–H groups in total. The van der Waals surface area contributed by atoms with Crippen LogP contribution in [0.2, 0.25) is 0 Å². The molecular formula is C24H25BrN2O. The topological polar surface area (TPSA) is 39.3 Å². The largest absolute Gasteiger partial charge is 0.508 e. The number of benzene rings is 2. The first-order valence-electron chi connectivity index (χ1n) is 10.0. The van der Waals surface area contributed by atoms with Crippen LogP contribution in [0.15, 0.2) is 59.6 Å². The maximum atomic E-state index is 10.2. The van der Waals surface area contributed by atoms with Gasteiger partial charge in [-0.1, -0.05) is 40.2 Å². The fourth-order valence-electron chi connectivity index (χ4n) is 5.54. The van der Waals surface area contributed by atoms with Crippen molar-refractivity contribution < 1.29 is 5.11 Å². The van der Waals surface area contributed by atoms with Gasteiger partial charge in [0.25, 0.3) is 0 Å². The molecule has 28 heavy (non-hydrogen) atoms. The van der Waals surface area contributed by atoms with Crippen molar-refractivity contribution >= 4 is 26.8 Å². The number of rotatable bonds is 3. The summed E-state index contributed by atoms with van der Waals surface area (Å²) in [5, 5.41) is 11.5. The van der Waals surface area contributed by atoms with Crippen LogP contribution in [0.25, 0.3) is 10.9 Å². The van der Waals surface area contributed by atoms with E-state index in [2.05, 4.69) is 56.7 Å². The van der Waals surface area contributed by atoms with Gasteiger partial charge in [0.05, 0.1) is 0 Å². The summed E-state index contributed by atoms with van der Waals surface area (Å²) < 4.78 is 1.17. The molecule has 3 aromatic rings. The normalized spacial score (nSPS) is 24.7. The molecule has 5 rings (SSSR count). The van der Waals surface area contributed by atoms with Gasteiger partial charge in [-0.15, -0.1) is 6.58 Å². The highest BCUT2D eigenvalue weighted by Crippen LogP contribution is 2.50. The zero-order valence-corrected chi connectivity index (χ0v) is 17.5. The second-order valence-corrected chi connectivity index (χ2v) is 9.18. The molecule has 1 aliphatic heterocycles. The minimum Gasteiger partial charge on any atom is -0.508 e. The second kappa shape index (κ2) is 6.78. The molecule has 0 bridgehead atoms. The fraction of sp³-hybridized carbons (Fsp3) is 0.333. The summed E-state index contributed by atoms with van der Waals surface area (Å²) in [5.74, 6) is 0.881. The van der Waals surface area contributed by atoms with E-state index in [1.54, 1.807) is 6.07 Å². The predicted octanol–water partition coefficient (Wildman–Crippen LogP) is 5.18. The van der Waals surface area contributed by atoms with Crippen molar-refractivity contribution in [1.82, 2.24) is 9.88 Å². The Bertz CT molecular complexity index is 1060. The highest BCUT2D eigenvalue weighted by Gasteiger charge is 2.48. The van der Waals surface area contributed by atoms with E-state index in [1.165, 1.54) is 32.2 Å². The summed E-state index contributed by atoms with van der Waals surface area (Å²) in [4.78, 5) is 6.23. The highest BCUT2D eigenvalue weighted by atomic mass is 79.9. The van der Waals surface area contributed by atoms with Gasteiger partial charge >= 0.3 is 0 Å². The van der Waals surface area contributed by atoms with Gasteiger partial charge in [0, 0.05) is 39.6 Å². The van der Waals surface area contributed by atoms with Crippen LogP contribution in [0.4, 0.5) is 0 Å². The number of aromatic hydroxyl groups is 1. The lowest BCUT2D eigenvalue weighted by Gasteiger charge is -2.51. The summed E-state index contributed by atoms with van der Waals surface area (Å²) in [7, 11) is 0.